The molecule has 0 bridgehead atoms. The molecule has 1 atom stereocenters. The zero-order chi connectivity index (χ0) is 25.7. The Morgan fingerprint density at radius 3 is 2.46 bits per heavy atom. The van der Waals surface area contributed by atoms with Crippen LogP contribution in [0, 0.1) is 6.92 Å². The summed E-state index contributed by atoms with van der Waals surface area (Å²) >= 11 is 0. The summed E-state index contributed by atoms with van der Waals surface area (Å²) in [5, 5.41) is 5.56. The van der Waals surface area contributed by atoms with Gasteiger partial charge in [0.1, 0.15) is 17.7 Å². The zero-order valence-corrected chi connectivity index (χ0v) is 21.8. The zero-order valence-electron chi connectivity index (χ0n) is 21.8. The van der Waals surface area contributed by atoms with Gasteiger partial charge in [-0.15, -0.1) is 0 Å². The third-order valence-corrected chi connectivity index (χ3v) is 6.98. The van der Waals surface area contributed by atoms with Crippen LogP contribution in [-0.4, -0.2) is 46.4 Å². The minimum absolute atomic E-state index is 0.0299. The van der Waals surface area contributed by atoms with Gasteiger partial charge in [-0.2, -0.15) is 5.10 Å². The number of nitrogens with zero attached hydrogens (tertiary/aromatic N) is 8. The maximum Gasteiger partial charge on any atom is 0.227 e. The summed E-state index contributed by atoms with van der Waals surface area (Å²) < 4.78 is 9.73. The van der Waals surface area contributed by atoms with E-state index >= 15 is 0 Å². The van der Waals surface area contributed by atoms with E-state index in [0.717, 1.165) is 57.8 Å². The van der Waals surface area contributed by atoms with Crippen molar-refractivity contribution < 1.29 is 4.74 Å². The molecule has 1 aliphatic carbocycles. The molecule has 0 aliphatic heterocycles. The van der Waals surface area contributed by atoms with Crippen molar-refractivity contribution in [3.05, 3.63) is 66.1 Å². The number of aryl methyl sites for hydroxylation is 1. The highest BCUT2D eigenvalue weighted by Gasteiger charge is 2.31. The van der Waals surface area contributed by atoms with E-state index in [4.69, 9.17) is 14.7 Å². The van der Waals surface area contributed by atoms with Crippen molar-refractivity contribution in [3.8, 4) is 28.7 Å². The van der Waals surface area contributed by atoms with Gasteiger partial charge in [0, 0.05) is 29.9 Å². The van der Waals surface area contributed by atoms with Gasteiger partial charge < -0.3 is 9.30 Å². The summed E-state index contributed by atoms with van der Waals surface area (Å²) in [6.45, 7) is 8.50. The van der Waals surface area contributed by atoms with Crippen LogP contribution in [0.3, 0.4) is 0 Å². The highest BCUT2D eigenvalue weighted by atomic mass is 16.5. The first-order chi connectivity index (χ1) is 17.9. The van der Waals surface area contributed by atoms with Gasteiger partial charge in [-0.25, -0.2) is 29.6 Å². The lowest BCUT2D eigenvalue weighted by molar-refractivity contribution is 0.397. The molecule has 1 fully saturated rings. The van der Waals surface area contributed by atoms with Crippen LogP contribution >= 0.6 is 0 Å². The Labute approximate surface area is 215 Å². The molecule has 1 saturated carbocycles. The summed E-state index contributed by atoms with van der Waals surface area (Å²) in [4.78, 5) is 23.2. The third-order valence-electron chi connectivity index (χ3n) is 6.98. The van der Waals surface area contributed by atoms with E-state index in [1.165, 1.54) is 0 Å². The molecular weight excluding hydrogens is 464 g/mol. The van der Waals surface area contributed by atoms with E-state index < -0.39 is 0 Å². The summed E-state index contributed by atoms with van der Waals surface area (Å²) in [6, 6.07) is 8.86. The quantitative estimate of drug-likeness (QED) is 0.293. The Hall–Kier alpha value is -4.14. The number of hydrogen-bond acceptors (Lipinski definition) is 7. The maximum absolute atomic E-state index is 5.57. The predicted molar refractivity (Wildman–Crippen MR) is 141 cm³/mol. The van der Waals surface area contributed by atoms with Crippen molar-refractivity contribution in [3.63, 3.8) is 0 Å². The Bertz CT molecular complexity index is 1580. The smallest absolute Gasteiger partial charge is 0.227 e. The molecule has 6 rings (SSSR count). The minimum Gasteiger partial charge on any atom is -0.480 e. The topological polar surface area (TPSA) is 96.4 Å². The molecular formula is C28H30N8O. The molecule has 0 amide bonds. The standard InChI is InChI=1S/C28H30N8O/c1-16(2)35-14-17(3)33-26(35)21-10-6-19(7-11-21)18(4)36-27-22(13-32-36)12-29-25(34-27)23-24(20-8-9-20)30-15-31-28(23)37-5/h6-7,10-16,18,20H,8-9H2,1-5H3/t18-/m0/s1. The van der Waals surface area contributed by atoms with Gasteiger partial charge in [0.2, 0.25) is 5.88 Å². The Kier molecular flexibility index (Phi) is 5.70. The molecule has 188 valence electrons. The van der Waals surface area contributed by atoms with Crippen molar-refractivity contribution >= 4 is 11.0 Å². The number of aromatic nitrogens is 8. The second-order valence-electron chi connectivity index (χ2n) is 9.98. The maximum atomic E-state index is 5.57. The SMILES string of the molecule is COc1ncnc(C2CC2)c1-c1ncc2cnn([C@@H](C)c3ccc(-c4nc(C)cn4C(C)C)cc3)c2n1. The average molecular weight is 495 g/mol. The molecule has 0 saturated heterocycles. The minimum atomic E-state index is -0.0299. The molecule has 0 N–H and O–H groups in total. The Morgan fingerprint density at radius 2 is 1.76 bits per heavy atom. The van der Waals surface area contributed by atoms with Crippen molar-refractivity contribution in [2.75, 3.05) is 7.11 Å². The van der Waals surface area contributed by atoms with E-state index in [-0.39, 0.29) is 6.04 Å². The van der Waals surface area contributed by atoms with Crippen molar-refractivity contribution in [2.24, 2.45) is 0 Å². The van der Waals surface area contributed by atoms with Crippen LogP contribution in [0.1, 0.15) is 68.6 Å². The highest BCUT2D eigenvalue weighted by molar-refractivity contribution is 5.77. The molecule has 37 heavy (non-hydrogen) atoms. The fourth-order valence-corrected chi connectivity index (χ4v) is 4.83. The van der Waals surface area contributed by atoms with E-state index in [2.05, 4.69) is 75.9 Å². The van der Waals surface area contributed by atoms with Crippen LogP contribution in [-0.2, 0) is 0 Å². The molecule has 5 aromatic rings. The molecule has 9 nitrogen and oxygen atoms in total. The number of ether oxygens (including phenoxy) is 1. The largest absolute Gasteiger partial charge is 0.480 e. The van der Waals surface area contributed by atoms with Crippen LogP contribution < -0.4 is 4.74 Å². The number of benzene rings is 1. The summed E-state index contributed by atoms with van der Waals surface area (Å²) in [5.74, 6) is 2.45. The van der Waals surface area contributed by atoms with E-state index in [0.29, 0.717) is 23.7 Å². The van der Waals surface area contributed by atoms with Crippen molar-refractivity contribution in [1.29, 1.82) is 0 Å². The molecule has 0 radical (unpaired) electrons. The summed E-state index contributed by atoms with van der Waals surface area (Å²) in [7, 11) is 1.62. The van der Waals surface area contributed by atoms with Crippen molar-refractivity contribution in [2.45, 2.75) is 58.5 Å². The third kappa shape index (κ3) is 4.14. The van der Waals surface area contributed by atoms with Gasteiger partial charge in [-0.3, -0.25) is 0 Å². The Balaban J connectivity index is 1.37. The van der Waals surface area contributed by atoms with E-state index in [1.807, 2.05) is 24.0 Å². The molecule has 0 spiro atoms. The first kappa shape index (κ1) is 23.3. The number of rotatable bonds is 7. The molecule has 0 unspecified atom stereocenters. The van der Waals surface area contributed by atoms with Crippen LogP contribution in [0.4, 0.5) is 0 Å². The second-order valence-corrected chi connectivity index (χ2v) is 9.98. The van der Waals surface area contributed by atoms with E-state index in [9.17, 15) is 0 Å². The lowest BCUT2D eigenvalue weighted by Crippen LogP contribution is -2.10. The number of imidazole rings is 1. The second kappa shape index (κ2) is 9.06. The van der Waals surface area contributed by atoms with E-state index in [1.54, 1.807) is 13.4 Å². The summed E-state index contributed by atoms with van der Waals surface area (Å²) in [6.07, 6.45) is 9.50. The number of hydrogen-bond donors (Lipinski definition) is 0. The fourth-order valence-electron chi connectivity index (χ4n) is 4.83. The molecule has 1 aliphatic rings. The normalized spacial score (nSPS) is 14.4. The van der Waals surface area contributed by atoms with Crippen LogP contribution in [0.15, 0.2) is 49.2 Å². The van der Waals surface area contributed by atoms with Crippen LogP contribution in [0.25, 0.3) is 33.8 Å². The van der Waals surface area contributed by atoms with Gasteiger partial charge in [-0.1, -0.05) is 24.3 Å². The Morgan fingerprint density at radius 1 is 0.973 bits per heavy atom. The highest BCUT2D eigenvalue weighted by Crippen LogP contribution is 2.45. The van der Waals surface area contributed by atoms with Crippen LogP contribution in [0.2, 0.25) is 0 Å². The first-order valence-corrected chi connectivity index (χ1v) is 12.7. The predicted octanol–water partition coefficient (Wildman–Crippen LogP) is 5.53. The molecule has 4 aromatic heterocycles. The van der Waals surface area contributed by atoms with Gasteiger partial charge in [-0.05, 0) is 46.1 Å². The summed E-state index contributed by atoms with van der Waals surface area (Å²) in [5.41, 5.74) is 5.74. The van der Waals surface area contributed by atoms with Gasteiger partial charge in [0.15, 0.2) is 11.5 Å². The average Bonchev–Trinajstić information content (AvgIpc) is 3.56. The monoisotopic (exact) mass is 494 g/mol. The van der Waals surface area contributed by atoms with Gasteiger partial charge in [0.05, 0.1) is 36.1 Å². The molecule has 4 heterocycles. The number of methoxy groups -OCH3 is 1. The molecule has 1 aromatic carbocycles. The van der Waals surface area contributed by atoms with Gasteiger partial charge >= 0.3 is 0 Å². The first-order valence-electron chi connectivity index (χ1n) is 12.7. The van der Waals surface area contributed by atoms with Gasteiger partial charge in [0.25, 0.3) is 0 Å². The lowest BCUT2D eigenvalue weighted by atomic mass is 10.1. The fraction of sp³-hybridized carbons (Fsp3) is 0.357. The lowest BCUT2D eigenvalue weighted by Gasteiger charge is -2.16. The number of fused-ring (bicyclic) bond motifs is 1. The molecule has 9 heteroatoms. The van der Waals surface area contributed by atoms with Crippen LogP contribution in [0.5, 0.6) is 5.88 Å². The van der Waals surface area contributed by atoms with Crippen molar-refractivity contribution in [1.82, 2.24) is 39.3 Å².